The second-order valence-electron chi connectivity index (χ2n) is 6.23. The van der Waals surface area contributed by atoms with E-state index in [1.807, 2.05) is 12.1 Å². The third kappa shape index (κ3) is 3.94. The number of hydrogen-bond donors (Lipinski definition) is 1. The van der Waals surface area contributed by atoms with Crippen molar-refractivity contribution >= 4 is 17.3 Å². The van der Waals surface area contributed by atoms with Gasteiger partial charge in [0.1, 0.15) is 5.82 Å². The maximum Gasteiger partial charge on any atom is 0.169 e. The molecule has 0 amide bonds. The van der Waals surface area contributed by atoms with E-state index in [0.717, 1.165) is 10.7 Å². The van der Waals surface area contributed by atoms with Crippen molar-refractivity contribution in [1.29, 1.82) is 0 Å². The molecule has 0 saturated heterocycles. The highest BCUT2D eigenvalue weighted by atomic mass is 32.1. The van der Waals surface area contributed by atoms with E-state index in [2.05, 4.69) is 10.2 Å². The lowest BCUT2D eigenvalue weighted by molar-refractivity contribution is 0.357. The molecule has 2 nitrogen and oxygen atoms in total. The number of rotatable bonds is 4. The molecule has 0 heterocycles. The largest absolute Gasteiger partial charge is 0.360 e. The molecule has 114 valence electrons. The highest BCUT2D eigenvalue weighted by molar-refractivity contribution is 7.80. The van der Waals surface area contributed by atoms with E-state index in [0.29, 0.717) is 18.6 Å². The molecule has 0 aromatic heterocycles. The smallest absolute Gasteiger partial charge is 0.169 e. The zero-order valence-corrected chi connectivity index (χ0v) is 13.2. The van der Waals surface area contributed by atoms with Crippen LogP contribution >= 0.6 is 12.2 Å². The van der Waals surface area contributed by atoms with Crippen molar-refractivity contribution < 1.29 is 4.39 Å². The van der Waals surface area contributed by atoms with Crippen LogP contribution in [-0.4, -0.2) is 22.1 Å². The van der Waals surface area contributed by atoms with Gasteiger partial charge in [0.2, 0.25) is 0 Å². The highest BCUT2D eigenvalue weighted by Gasteiger charge is 2.32. The zero-order valence-electron chi connectivity index (χ0n) is 12.4. The van der Waals surface area contributed by atoms with Gasteiger partial charge in [-0.15, -0.1) is 0 Å². The van der Waals surface area contributed by atoms with Crippen LogP contribution in [0.4, 0.5) is 4.39 Å². The summed E-state index contributed by atoms with van der Waals surface area (Å²) in [7, 11) is 0. The first kappa shape index (κ1) is 14.8. The predicted octanol–water partition coefficient (Wildman–Crippen LogP) is 4.00. The van der Waals surface area contributed by atoms with Gasteiger partial charge in [-0.2, -0.15) is 0 Å². The molecule has 2 aliphatic rings. The fraction of sp³-hybridized carbons (Fsp3) is 0.588. The van der Waals surface area contributed by atoms with E-state index in [4.69, 9.17) is 12.2 Å². The summed E-state index contributed by atoms with van der Waals surface area (Å²) in [4.78, 5) is 2.18. The van der Waals surface area contributed by atoms with E-state index in [9.17, 15) is 4.39 Å². The number of nitrogens with zero attached hydrogens (tertiary/aromatic N) is 1. The number of thiocarbonyl (C=S) groups is 1. The molecule has 0 radical (unpaired) electrons. The fourth-order valence-electron chi connectivity index (χ4n) is 3.07. The Bertz CT molecular complexity index is 495. The molecule has 2 aliphatic carbocycles. The van der Waals surface area contributed by atoms with Crippen molar-refractivity contribution in [3.8, 4) is 0 Å². The van der Waals surface area contributed by atoms with Crippen molar-refractivity contribution in [2.24, 2.45) is 0 Å². The Balaban J connectivity index is 1.63. The third-order valence-corrected chi connectivity index (χ3v) is 4.83. The van der Waals surface area contributed by atoms with Crippen LogP contribution < -0.4 is 5.32 Å². The number of halogens is 1. The summed E-state index contributed by atoms with van der Waals surface area (Å²) in [6.07, 6.45) is 8.67. The van der Waals surface area contributed by atoms with E-state index < -0.39 is 0 Å². The van der Waals surface area contributed by atoms with Crippen LogP contribution in [-0.2, 0) is 6.54 Å². The Morgan fingerprint density at radius 3 is 2.52 bits per heavy atom. The number of nitrogens with one attached hydrogen (secondary N) is 1. The Morgan fingerprint density at radius 2 is 1.86 bits per heavy atom. The zero-order chi connectivity index (χ0) is 14.7. The summed E-state index contributed by atoms with van der Waals surface area (Å²) in [6.45, 7) is 0.579. The van der Waals surface area contributed by atoms with E-state index >= 15 is 0 Å². The first-order chi connectivity index (χ1) is 10.2. The van der Waals surface area contributed by atoms with Crippen molar-refractivity contribution in [3.63, 3.8) is 0 Å². The van der Waals surface area contributed by atoms with Gasteiger partial charge >= 0.3 is 0 Å². The minimum atomic E-state index is -0.136. The van der Waals surface area contributed by atoms with Crippen molar-refractivity contribution in [1.82, 2.24) is 10.2 Å². The molecule has 3 rings (SSSR count). The minimum absolute atomic E-state index is 0.136. The second kappa shape index (κ2) is 6.73. The first-order valence-electron chi connectivity index (χ1n) is 8.04. The minimum Gasteiger partial charge on any atom is -0.360 e. The molecule has 0 bridgehead atoms. The summed E-state index contributed by atoms with van der Waals surface area (Å²) in [5.41, 5.74) is 0.734. The molecule has 1 N–H and O–H groups in total. The SMILES string of the molecule is Fc1ccccc1CN(C(=S)NC1CCCCC1)C1CC1. The van der Waals surface area contributed by atoms with Crippen LogP contribution in [0.25, 0.3) is 0 Å². The van der Waals surface area contributed by atoms with Gasteiger partial charge in [-0.3, -0.25) is 0 Å². The molecule has 0 spiro atoms. The maximum absolute atomic E-state index is 13.9. The standard InChI is InChI=1S/C17H23FN2S/c18-16-9-5-4-6-13(16)12-20(15-10-11-15)17(21)19-14-7-2-1-3-8-14/h4-6,9,14-15H,1-3,7-8,10-12H2,(H,19,21). The molecule has 1 aromatic rings. The van der Waals surface area contributed by atoms with Gasteiger partial charge in [0.05, 0.1) is 0 Å². The lowest BCUT2D eigenvalue weighted by atomic mass is 9.96. The summed E-state index contributed by atoms with van der Waals surface area (Å²) >= 11 is 5.61. The van der Waals surface area contributed by atoms with Crippen molar-refractivity contribution in [2.75, 3.05) is 0 Å². The van der Waals surface area contributed by atoms with Gasteiger partial charge in [0.25, 0.3) is 0 Å². The average Bonchev–Trinajstić information content (AvgIpc) is 3.32. The van der Waals surface area contributed by atoms with Crippen molar-refractivity contribution in [3.05, 3.63) is 35.6 Å². The normalized spacial score (nSPS) is 19.3. The molecule has 0 atom stereocenters. The van der Waals surface area contributed by atoms with Crippen LogP contribution in [0, 0.1) is 5.82 Å². The second-order valence-corrected chi connectivity index (χ2v) is 6.62. The van der Waals surface area contributed by atoms with Gasteiger partial charge in [0, 0.05) is 24.2 Å². The maximum atomic E-state index is 13.9. The summed E-state index contributed by atoms with van der Waals surface area (Å²) in [5.74, 6) is -0.136. The monoisotopic (exact) mass is 306 g/mol. The van der Waals surface area contributed by atoms with Crippen LogP contribution in [0.2, 0.25) is 0 Å². The average molecular weight is 306 g/mol. The lowest BCUT2D eigenvalue weighted by Crippen LogP contribution is -2.46. The predicted molar refractivity (Wildman–Crippen MR) is 87.6 cm³/mol. The van der Waals surface area contributed by atoms with Crippen molar-refractivity contribution in [2.45, 2.75) is 63.6 Å². The third-order valence-electron chi connectivity index (χ3n) is 4.48. The summed E-state index contributed by atoms with van der Waals surface area (Å²) < 4.78 is 13.9. The Hall–Kier alpha value is -1.16. The van der Waals surface area contributed by atoms with Crippen LogP contribution in [0.5, 0.6) is 0 Å². The number of benzene rings is 1. The molecule has 0 unspecified atom stereocenters. The van der Waals surface area contributed by atoms with Crippen LogP contribution in [0.3, 0.4) is 0 Å². The fourth-order valence-corrected chi connectivity index (χ4v) is 3.45. The Morgan fingerprint density at radius 1 is 1.14 bits per heavy atom. The Kier molecular flexibility index (Phi) is 4.73. The van der Waals surface area contributed by atoms with Gasteiger partial charge in [-0.05, 0) is 44.0 Å². The first-order valence-corrected chi connectivity index (χ1v) is 8.45. The van der Waals surface area contributed by atoms with Gasteiger partial charge < -0.3 is 10.2 Å². The Labute approximate surface area is 131 Å². The van der Waals surface area contributed by atoms with Crippen LogP contribution in [0.1, 0.15) is 50.5 Å². The van der Waals surface area contributed by atoms with Crippen LogP contribution in [0.15, 0.2) is 24.3 Å². The molecule has 2 fully saturated rings. The quantitative estimate of drug-likeness (QED) is 0.847. The topological polar surface area (TPSA) is 15.3 Å². The van der Waals surface area contributed by atoms with Gasteiger partial charge in [0.15, 0.2) is 5.11 Å². The lowest BCUT2D eigenvalue weighted by Gasteiger charge is -2.31. The van der Waals surface area contributed by atoms with E-state index in [1.54, 1.807) is 6.07 Å². The molecule has 4 heteroatoms. The molecular weight excluding hydrogens is 283 g/mol. The van der Waals surface area contributed by atoms with E-state index in [-0.39, 0.29) is 5.82 Å². The van der Waals surface area contributed by atoms with Gasteiger partial charge in [-0.1, -0.05) is 37.5 Å². The van der Waals surface area contributed by atoms with Gasteiger partial charge in [-0.25, -0.2) is 4.39 Å². The summed E-state index contributed by atoms with van der Waals surface area (Å²) in [6, 6.07) is 8.01. The highest BCUT2D eigenvalue weighted by Crippen LogP contribution is 2.29. The summed E-state index contributed by atoms with van der Waals surface area (Å²) in [5, 5.41) is 4.33. The number of hydrogen-bond acceptors (Lipinski definition) is 1. The molecule has 0 aliphatic heterocycles. The molecule has 21 heavy (non-hydrogen) atoms. The molecule has 2 saturated carbocycles. The molecule has 1 aromatic carbocycles. The molecular formula is C17H23FN2S. The van der Waals surface area contributed by atoms with E-state index in [1.165, 1.54) is 51.0 Å².